The molecule has 3 heteroatoms. The number of ether oxygens (including phenoxy) is 1. The van der Waals surface area contributed by atoms with Crippen LogP contribution in [0.25, 0.3) is 0 Å². The van der Waals surface area contributed by atoms with E-state index >= 15 is 0 Å². The Morgan fingerprint density at radius 2 is 2.17 bits per heavy atom. The van der Waals surface area contributed by atoms with E-state index in [2.05, 4.69) is 18.7 Å². The first-order valence-electron chi connectivity index (χ1n) is 3.46. The summed E-state index contributed by atoms with van der Waals surface area (Å²) in [5.74, 6) is 0.707. The number of thiol groups is 1. The lowest BCUT2D eigenvalue weighted by molar-refractivity contribution is 0.410. The van der Waals surface area contributed by atoms with Gasteiger partial charge in [-0.05, 0) is 19.1 Å². The van der Waals surface area contributed by atoms with E-state index in [1.807, 2.05) is 6.92 Å². The molecule has 1 aromatic carbocycles. The highest BCUT2D eigenvalue weighted by Crippen LogP contribution is 2.24. The summed E-state index contributed by atoms with van der Waals surface area (Å²) in [5, 5.41) is 8.72. The van der Waals surface area contributed by atoms with Gasteiger partial charge in [-0.2, -0.15) is 5.26 Å². The Kier molecular flexibility index (Phi) is 2.61. The first-order chi connectivity index (χ1) is 5.69. The molecule has 0 amide bonds. The molecule has 0 aromatic heterocycles. The van der Waals surface area contributed by atoms with Gasteiger partial charge in [0.05, 0.1) is 18.7 Å². The van der Waals surface area contributed by atoms with E-state index in [1.54, 1.807) is 19.2 Å². The Balaban J connectivity index is 3.34. The van der Waals surface area contributed by atoms with Crippen LogP contribution in [0.2, 0.25) is 0 Å². The summed E-state index contributed by atoms with van der Waals surface area (Å²) in [6, 6.07) is 5.60. The molecule has 0 N–H and O–H groups in total. The minimum Gasteiger partial charge on any atom is -0.496 e. The molecule has 1 rings (SSSR count). The molecule has 0 aliphatic rings. The van der Waals surface area contributed by atoms with Gasteiger partial charge in [0.1, 0.15) is 5.75 Å². The Hall–Kier alpha value is -1.14. The van der Waals surface area contributed by atoms with E-state index < -0.39 is 0 Å². The van der Waals surface area contributed by atoms with Crippen LogP contribution in [0.1, 0.15) is 11.1 Å². The van der Waals surface area contributed by atoms with E-state index in [0.29, 0.717) is 11.3 Å². The van der Waals surface area contributed by atoms with Gasteiger partial charge >= 0.3 is 0 Å². The molecule has 0 heterocycles. The first-order valence-corrected chi connectivity index (χ1v) is 3.91. The molecule has 0 spiro atoms. The van der Waals surface area contributed by atoms with Crippen LogP contribution in [-0.2, 0) is 0 Å². The van der Waals surface area contributed by atoms with Crippen molar-refractivity contribution in [1.82, 2.24) is 0 Å². The Bertz CT molecular complexity index is 341. The molecular weight excluding hydrogens is 170 g/mol. The van der Waals surface area contributed by atoms with Crippen molar-refractivity contribution in [2.75, 3.05) is 7.11 Å². The van der Waals surface area contributed by atoms with Crippen molar-refractivity contribution < 1.29 is 4.74 Å². The van der Waals surface area contributed by atoms with Crippen LogP contribution in [0.4, 0.5) is 0 Å². The summed E-state index contributed by atoms with van der Waals surface area (Å²) in [6.45, 7) is 1.85. The van der Waals surface area contributed by atoms with Gasteiger partial charge < -0.3 is 4.74 Å². The monoisotopic (exact) mass is 179 g/mol. The zero-order chi connectivity index (χ0) is 9.14. The minimum absolute atomic E-state index is 0.611. The van der Waals surface area contributed by atoms with E-state index in [0.717, 1.165) is 10.5 Å². The summed E-state index contributed by atoms with van der Waals surface area (Å²) < 4.78 is 5.07. The summed E-state index contributed by atoms with van der Waals surface area (Å²) in [7, 11) is 1.58. The number of benzene rings is 1. The van der Waals surface area contributed by atoms with Gasteiger partial charge in [-0.15, -0.1) is 12.6 Å². The van der Waals surface area contributed by atoms with Crippen LogP contribution in [0.15, 0.2) is 17.0 Å². The number of methoxy groups -OCH3 is 1. The van der Waals surface area contributed by atoms with E-state index in [9.17, 15) is 0 Å². The zero-order valence-corrected chi connectivity index (χ0v) is 7.85. The molecule has 62 valence electrons. The Morgan fingerprint density at radius 1 is 1.50 bits per heavy atom. The molecule has 0 saturated carbocycles. The summed E-state index contributed by atoms with van der Waals surface area (Å²) >= 11 is 4.15. The second-order valence-corrected chi connectivity index (χ2v) is 2.95. The average molecular weight is 179 g/mol. The van der Waals surface area contributed by atoms with Crippen molar-refractivity contribution in [3.8, 4) is 11.8 Å². The normalized spacial score (nSPS) is 9.17. The van der Waals surface area contributed by atoms with E-state index in [4.69, 9.17) is 10.00 Å². The van der Waals surface area contributed by atoms with Crippen LogP contribution in [0, 0.1) is 18.3 Å². The van der Waals surface area contributed by atoms with Gasteiger partial charge in [0, 0.05) is 10.5 Å². The maximum Gasteiger partial charge on any atom is 0.124 e. The molecule has 2 nitrogen and oxygen atoms in total. The highest BCUT2D eigenvalue weighted by molar-refractivity contribution is 7.80. The van der Waals surface area contributed by atoms with Crippen LogP contribution >= 0.6 is 12.6 Å². The summed E-state index contributed by atoms with van der Waals surface area (Å²) in [4.78, 5) is 0.744. The second-order valence-electron chi connectivity index (χ2n) is 2.43. The molecule has 0 radical (unpaired) electrons. The fourth-order valence-corrected chi connectivity index (χ4v) is 1.25. The predicted octanol–water partition coefficient (Wildman–Crippen LogP) is 2.16. The summed E-state index contributed by atoms with van der Waals surface area (Å²) in [5.41, 5.74) is 1.47. The van der Waals surface area contributed by atoms with Crippen LogP contribution in [-0.4, -0.2) is 7.11 Å². The Morgan fingerprint density at radius 3 is 2.67 bits per heavy atom. The maximum absolute atomic E-state index is 8.72. The highest BCUT2D eigenvalue weighted by atomic mass is 32.1. The van der Waals surface area contributed by atoms with Crippen LogP contribution < -0.4 is 4.74 Å². The molecule has 0 aliphatic heterocycles. The Labute approximate surface area is 77.2 Å². The maximum atomic E-state index is 8.72. The zero-order valence-electron chi connectivity index (χ0n) is 6.96. The lowest BCUT2D eigenvalue weighted by atomic mass is 10.1. The molecule has 0 bridgehead atoms. The highest BCUT2D eigenvalue weighted by Gasteiger charge is 2.04. The molecule has 0 atom stereocenters. The predicted molar refractivity (Wildman–Crippen MR) is 49.7 cm³/mol. The van der Waals surface area contributed by atoms with Crippen LogP contribution in [0.5, 0.6) is 5.75 Å². The lowest BCUT2D eigenvalue weighted by Gasteiger charge is -2.06. The summed E-state index contributed by atoms with van der Waals surface area (Å²) in [6.07, 6.45) is 0. The molecule has 0 saturated heterocycles. The lowest BCUT2D eigenvalue weighted by Crippen LogP contribution is -1.90. The standard InChI is InChI=1S/C9H9NOS/c1-6-7(5-10)3-8(12)4-9(6)11-2/h3-4,12H,1-2H3. The van der Waals surface area contributed by atoms with Gasteiger partial charge in [0.25, 0.3) is 0 Å². The van der Waals surface area contributed by atoms with Crippen molar-refractivity contribution in [3.63, 3.8) is 0 Å². The number of hydrogen-bond donors (Lipinski definition) is 1. The topological polar surface area (TPSA) is 33.0 Å². The number of hydrogen-bond acceptors (Lipinski definition) is 3. The van der Waals surface area contributed by atoms with E-state index in [-0.39, 0.29) is 0 Å². The fraction of sp³-hybridized carbons (Fsp3) is 0.222. The van der Waals surface area contributed by atoms with Crippen molar-refractivity contribution in [3.05, 3.63) is 23.3 Å². The SMILES string of the molecule is COc1cc(S)cc(C#N)c1C. The van der Waals surface area contributed by atoms with Gasteiger partial charge in [-0.3, -0.25) is 0 Å². The van der Waals surface area contributed by atoms with Gasteiger partial charge in [-0.1, -0.05) is 0 Å². The first kappa shape index (κ1) is 8.95. The smallest absolute Gasteiger partial charge is 0.124 e. The largest absolute Gasteiger partial charge is 0.496 e. The third-order valence-corrected chi connectivity index (χ3v) is 1.94. The van der Waals surface area contributed by atoms with Gasteiger partial charge in [0.2, 0.25) is 0 Å². The molecule has 12 heavy (non-hydrogen) atoms. The number of nitrogens with zero attached hydrogens (tertiary/aromatic N) is 1. The molecule has 1 aromatic rings. The van der Waals surface area contributed by atoms with Gasteiger partial charge in [0.15, 0.2) is 0 Å². The molecule has 0 aliphatic carbocycles. The number of rotatable bonds is 1. The minimum atomic E-state index is 0.611. The van der Waals surface area contributed by atoms with E-state index in [1.165, 1.54) is 0 Å². The van der Waals surface area contributed by atoms with Crippen molar-refractivity contribution in [2.45, 2.75) is 11.8 Å². The van der Waals surface area contributed by atoms with Crippen molar-refractivity contribution in [2.24, 2.45) is 0 Å². The fourth-order valence-electron chi connectivity index (χ4n) is 1.00. The molecule has 0 unspecified atom stereocenters. The second kappa shape index (κ2) is 3.51. The number of nitriles is 1. The van der Waals surface area contributed by atoms with Crippen molar-refractivity contribution in [1.29, 1.82) is 5.26 Å². The third-order valence-electron chi connectivity index (χ3n) is 1.69. The van der Waals surface area contributed by atoms with Gasteiger partial charge in [-0.25, -0.2) is 0 Å². The average Bonchev–Trinajstić information content (AvgIpc) is 2.08. The quantitative estimate of drug-likeness (QED) is 0.670. The van der Waals surface area contributed by atoms with Crippen LogP contribution in [0.3, 0.4) is 0 Å². The van der Waals surface area contributed by atoms with Crippen molar-refractivity contribution >= 4 is 12.6 Å². The molecule has 0 fully saturated rings. The molecular formula is C9H9NOS. The third kappa shape index (κ3) is 1.54.